The van der Waals surface area contributed by atoms with E-state index in [1.807, 2.05) is 0 Å². The fourth-order valence-electron chi connectivity index (χ4n) is 3.05. The van der Waals surface area contributed by atoms with Gasteiger partial charge in [0.25, 0.3) is 0 Å². The van der Waals surface area contributed by atoms with E-state index < -0.39 is 9.85 Å². The molecule has 0 aliphatic heterocycles. The van der Waals surface area contributed by atoms with Crippen molar-refractivity contribution in [3.05, 3.63) is 81.4 Å². The molecule has 0 bridgehead atoms. The predicted octanol–water partition coefficient (Wildman–Crippen LogP) is 3.95. The topological polar surface area (TPSA) is 144 Å². The third-order valence-corrected chi connectivity index (χ3v) is 4.21. The molecule has 0 atom stereocenters. The Morgan fingerprint density at radius 3 is 1.46 bits per heavy atom. The monoisotopic (exact) mass is 376 g/mol. The van der Waals surface area contributed by atoms with Crippen LogP contribution < -0.4 is 0 Å². The summed E-state index contributed by atoms with van der Waals surface area (Å²) in [5, 5.41) is 23.7. The third kappa shape index (κ3) is 2.78. The van der Waals surface area contributed by atoms with Crippen molar-refractivity contribution < 1.29 is 9.85 Å². The van der Waals surface area contributed by atoms with Gasteiger partial charge in [0.1, 0.15) is 0 Å². The fourth-order valence-corrected chi connectivity index (χ4v) is 3.05. The predicted molar refractivity (Wildman–Crippen MR) is 100 cm³/mol. The van der Waals surface area contributed by atoms with Crippen molar-refractivity contribution in [3.8, 4) is 33.9 Å². The zero-order valence-corrected chi connectivity index (χ0v) is 14.2. The van der Waals surface area contributed by atoms with Gasteiger partial charge in [0.05, 0.1) is 32.4 Å². The van der Waals surface area contributed by atoms with Gasteiger partial charge in [-0.2, -0.15) is 0 Å². The van der Waals surface area contributed by atoms with Crippen molar-refractivity contribution in [3.63, 3.8) is 0 Å². The van der Waals surface area contributed by atoms with E-state index in [-0.39, 0.29) is 33.9 Å². The molecule has 4 rings (SSSR count). The van der Waals surface area contributed by atoms with Crippen LogP contribution in [0, 0.1) is 20.2 Å². The van der Waals surface area contributed by atoms with Crippen LogP contribution in [0.1, 0.15) is 0 Å². The van der Waals surface area contributed by atoms with Crippen molar-refractivity contribution in [2.45, 2.75) is 0 Å². The average Bonchev–Trinajstić information content (AvgIpc) is 3.40. The Balaban J connectivity index is 2.03. The van der Waals surface area contributed by atoms with E-state index >= 15 is 0 Å². The fraction of sp³-hybridized carbons (Fsp3) is 0. The average molecular weight is 376 g/mol. The Morgan fingerprint density at radius 2 is 1.14 bits per heavy atom. The Labute approximate surface area is 157 Å². The van der Waals surface area contributed by atoms with Gasteiger partial charge in [-0.25, -0.2) is 9.97 Å². The first-order chi connectivity index (χ1) is 13.6. The summed E-state index contributed by atoms with van der Waals surface area (Å²) in [6, 6.07) is 9.70. The molecule has 0 unspecified atom stereocenters. The van der Waals surface area contributed by atoms with Crippen LogP contribution in [0.15, 0.2) is 61.2 Å². The van der Waals surface area contributed by atoms with Gasteiger partial charge >= 0.3 is 11.4 Å². The zero-order chi connectivity index (χ0) is 19.7. The van der Waals surface area contributed by atoms with Gasteiger partial charge in [0, 0.05) is 24.8 Å². The summed E-state index contributed by atoms with van der Waals surface area (Å²) in [6.45, 7) is 0. The minimum atomic E-state index is -0.606. The van der Waals surface area contributed by atoms with Crippen molar-refractivity contribution in [1.82, 2.24) is 19.9 Å². The maximum atomic E-state index is 11.9. The normalized spacial score (nSPS) is 10.7. The summed E-state index contributed by atoms with van der Waals surface area (Å²) in [5.74, 6) is 0. The molecule has 0 radical (unpaired) electrons. The Morgan fingerprint density at radius 1 is 0.714 bits per heavy atom. The summed E-state index contributed by atoms with van der Waals surface area (Å²) in [6.07, 6.45) is 5.99. The highest BCUT2D eigenvalue weighted by molar-refractivity contribution is 5.88. The number of aromatic nitrogens is 4. The van der Waals surface area contributed by atoms with Gasteiger partial charge in [-0.05, 0) is 36.4 Å². The van der Waals surface area contributed by atoms with Crippen molar-refractivity contribution >= 4 is 11.4 Å². The van der Waals surface area contributed by atoms with Crippen LogP contribution in [0.25, 0.3) is 33.9 Å². The third-order valence-electron chi connectivity index (χ3n) is 4.21. The van der Waals surface area contributed by atoms with E-state index in [0.717, 1.165) is 0 Å². The molecule has 28 heavy (non-hydrogen) atoms. The van der Waals surface area contributed by atoms with E-state index in [1.165, 1.54) is 24.5 Å². The number of H-pyrrole nitrogens is 2. The molecule has 0 saturated carbocycles. The first-order valence-electron chi connectivity index (χ1n) is 8.12. The molecular weight excluding hydrogens is 364 g/mol. The molecule has 2 N–H and O–H groups in total. The highest BCUT2D eigenvalue weighted by Crippen LogP contribution is 2.41. The number of nitrogens with one attached hydrogen (secondary N) is 2. The van der Waals surface area contributed by atoms with Gasteiger partial charge in [0.15, 0.2) is 11.4 Å². The smallest absolute Gasteiger partial charge is 0.306 e. The van der Waals surface area contributed by atoms with Gasteiger partial charge in [-0.3, -0.25) is 20.2 Å². The molecule has 4 aromatic rings. The van der Waals surface area contributed by atoms with E-state index in [0.29, 0.717) is 11.4 Å². The standard InChI is InChI=1S/C18H12N6O4/c25-23(26)17-11(13-3-1-7-19-13)5-9-21-15(17)16-18(24(27)28)12(6-10-22-16)14-4-2-8-20-14/h1-10,19-20H. The van der Waals surface area contributed by atoms with Crippen LogP contribution in [0.3, 0.4) is 0 Å². The highest BCUT2D eigenvalue weighted by Gasteiger charge is 2.32. The number of pyridine rings is 2. The summed E-state index contributed by atoms with van der Waals surface area (Å²) in [5.41, 5.74) is 0.475. The summed E-state index contributed by atoms with van der Waals surface area (Å²) >= 11 is 0. The first kappa shape index (κ1) is 17.1. The second-order valence-corrected chi connectivity index (χ2v) is 5.79. The van der Waals surface area contributed by atoms with Gasteiger partial charge in [-0.15, -0.1) is 0 Å². The molecule has 4 aromatic heterocycles. The van der Waals surface area contributed by atoms with Crippen LogP contribution >= 0.6 is 0 Å². The summed E-state index contributed by atoms with van der Waals surface area (Å²) in [4.78, 5) is 36.5. The van der Waals surface area contributed by atoms with Crippen LogP contribution in [0.5, 0.6) is 0 Å². The molecule has 0 spiro atoms. The van der Waals surface area contributed by atoms with Crippen LogP contribution in [0.4, 0.5) is 11.4 Å². The first-order valence-corrected chi connectivity index (χ1v) is 8.12. The molecule has 10 nitrogen and oxygen atoms in total. The molecule has 4 heterocycles. The molecule has 0 saturated heterocycles. The van der Waals surface area contributed by atoms with Gasteiger partial charge < -0.3 is 9.97 Å². The van der Waals surface area contributed by atoms with E-state index in [2.05, 4.69) is 19.9 Å². The molecular formula is C18H12N6O4. The lowest BCUT2D eigenvalue weighted by atomic mass is 10.0. The lowest BCUT2D eigenvalue weighted by Gasteiger charge is -2.08. The number of hydrogen-bond donors (Lipinski definition) is 2. The van der Waals surface area contributed by atoms with E-state index in [9.17, 15) is 20.2 Å². The zero-order valence-electron chi connectivity index (χ0n) is 14.2. The Bertz CT molecular complexity index is 1080. The molecule has 0 amide bonds. The Hall–Kier alpha value is -4.34. The van der Waals surface area contributed by atoms with Gasteiger partial charge in [0.2, 0.25) is 0 Å². The molecule has 0 aliphatic carbocycles. The van der Waals surface area contributed by atoms with Crippen molar-refractivity contribution in [2.24, 2.45) is 0 Å². The van der Waals surface area contributed by atoms with Crippen LogP contribution in [0.2, 0.25) is 0 Å². The summed E-state index contributed by atoms with van der Waals surface area (Å²) in [7, 11) is 0. The minimum absolute atomic E-state index is 0.169. The van der Waals surface area contributed by atoms with E-state index in [4.69, 9.17) is 0 Å². The maximum absolute atomic E-state index is 11.9. The molecule has 0 aromatic carbocycles. The highest BCUT2D eigenvalue weighted by atomic mass is 16.6. The molecule has 138 valence electrons. The number of nitrogens with zero attached hydrogens (tertiary/aromatic N) is 4. The maximum Gasteiger partial charge on any atom is 0.306 e. The second-order valence-electron chi connectivity index (χ2n) is 5.79. The van der Waals surface area contributed by atoms with E-state index in [1.54, 1.807) is 36.7 Å². The summed E-state index contributed by atoms with van der Waals surface area (Å²) < 4.78 is 0. The van der Waals surface area contributed by atoms with Crippen LogP contribution in [-0.4, -0.2) is 29.8 Å². The van der Waals surface area contributed by atoms with Crippen molar-refractivity contribution in [1.29, 1.82) is 0 Å². The largest absolute Gasteiger partial charge is 0.361 e. The minimum Gasteiger partial charge on any atom is -0.361 e. The quantitative estimate of drug-likeness (QED) is 0.398. The lowest BCUT2D eigenvalue weighted by Crippen LogP contribution is -2.03. The lowest BCUT2D eigenvalue weighted by molar-refractivity contribution is -0.386. The van der Waals surface area contributed by atoms with Crippen molar-refractivity contribution in [2.75, 3.05) is 0 Å². The SMILES string of the molecule is O=[N+]([O-])c1c(-c2ccc[nH]2)ccnc1-c1nccc(-c2ccc[nH]2)c1[N+](=O)[O-]. The molecule has 0 fully saturated rings. The Kier molecular flexibility index (Phi) is 4.13. The number of hydrogen-bond acceptors (Lipinski definition) is 6. The second kappa shape index (κ2) is 6.76. The molecule has 0 aliphatic rings. The molecule has 10 heteroatoms. The number of aromatic amines is 2. The van der Waals surface area contributed by atoms with Crippen LogP contribution in [-0.2, 0) is 0 Å². The van der Waals surface area contributed by atoms with Gasteiger partial charge in [-0.1, -0.05) is 0 Å². The number of nitro groups is 2. The number of rotatable bonds is 5.